The fraction of sp³-hybridized carbons (Fsp3) is 0.438. The number of amides is 1. The number of carbonyl (C=O) groups excluding carboxylic acids is 1. The van der Waals surface area contributed by atoms with Gasteiger partial charge in [0, 0.05) is 38.7 Å². The van der Waals surface area contributed by atoms with E-state index >= 15 is 0 Å². The maximum atomic E-state index is 12.5. The first-order valence-electron chi connectivity index (χ1n) is 7.53. The third-order valence-electron chi connectivity index (χ3n) is 3.99. The van der Waals surface area contributed by atoms with E-state index in [2.05, 4.69) is 15.3 Å². The first-order valence-corrected chi connectivity index (χ1v) is 7.53. The molecule has 1 fully saturated rings. The zero-order valence-electron chi connectivity index (χ0n) is 12.9. The van der Waals surface area contributed by atoms with Crippen molar-refractivity contribution in [3.05, 3.63) is 41.7 Å². The number of anilines is 1. The molecule has 1 aliphatic heterocycles. The summed E-state index contributed by atoms with van der Waals surface area (Å²) in [6.45, 7) is 3.17. The standard InChI is InChI=1S/C16H20N4O2/c1-11-18-14(10-22-11)16(21)20-8-4-5-12(9-20)13-6-3-7-15(17-2)19-13/h3,6-7,10,12H,4-5,8-9H2,1-2H3,(H,17,19). The number of rotatable bonds is 3. The van der Waals surface area contributed by atoms with E-state index < -0.39 is 0 Å². The van der Waals surface area contributed by atoms with Crippen LogP contribution in [0.1, 0.15) is 40.8 Å². The van der Waals surface area contributed by atoms with E-state index in [1.54, 1.807) is 6.92 Å². The molecule has 1 N–H and O–H groups in total. The van der Waals surface area contributed by atoms with Crippen LogP contribution < -0.4 is 5.32 Å². The summed E-state index contributed by atoms with van der Waals surface area (Å²) >= 11 is 0. The number of aryl methyl sites for hydroxylation is 1. The molecule has 1 aliphatic rings. The van der Waals surface area contributed by atoms with E-state index in [-0.39, 0.29) is 11.8 Å². The minimum absolute atomic E-state index is 0.0636. The van der Waals surface area contributed by atoms with Crippen LogP contribution in [0.4, 0.5) is 5.82 Å². The number of piperidine rings is 1. The zero-order chi connectivity index (χ0) is 15.5. The second-order valence-corrected chi connectivity index (χ2v) is 5.54. The first-order chi connectivity index (χ1) is 10.7. The third kappa shape index (κ3) is 2.95. The average Bonchev–Trinajstić information content (AvgIpc) is 3.01. The van der Waals surface area contributed by atoms with Gasteiger partial charge in [0.1, 0.15) is 12.1 Å². The second kappa shape index (κ2) is 6.17. The summed E-state index contributed by atoms with van der Waals surface area (Å²) in [5.74, 6) is 1.57. The Kier molecular flexibility index (Phi) is 4.09. The fourth-order valence-electron chi connectivity index (χ4n) is 2.84. The van der Waals surface area contributed by atoms with E-state index in [0.29, 0.717) is 18.1 Å². The Hall–Kier alpha value is -2.37. The molecule has 1 saturated heterocycles. The Balaban J connectivity index is 1.75. The maximum Gasteiger partial charge on any atom is 0.275 e. The van der Waals surface area contributed by atoms with Gasteiger partial charge in [-0.15, -0.1) is 0 Å². The van der Waals surface area contributed by atoms with Crippen LogP contribution in [0.2, 0.25) is 0 Å². The van der Waals surface area contributed by atoms with Crippen molar-refractivity contribution in [3.8, 4) is 0 Å². The Morgan fingerprint density at radius 3 is 3.00 bits per heavy atom. The Morgan fingerprint density at radius 2 is 2.27 bits per heavy atom. The molecule has 0 radical (unpaired) electrons. The van der Waals surface area contributed by atoms with Gasteiger partial charge in [0.25, 0.3) is 5.91 Å². The summed E-state index contributed by atoms with van der Waals surface area (Å²) in [5.41, 5.74) is 1.41. The largest absolute Gasteiger partial charge is 0.448 e. The van der Waals surface area contributed by atoms with Crippen molar-refractivity contribution in [2.45, 2.75) is 25.7 Å². The molecule has 3 heterocycles. The number of nitrogens with zero attached hydrogens (tertiary/aromatic N) is 3. The minimum atomic E-state index is -0.0636. The number of nitrogens with one attached hydrogen (secondary N) is 1. The summed E-state index contributed by atoms with van der Waals surface area (Å²) in [6, 6.07) is 5.96. The summed E-state index contributed by atoms with van der Waals surface area (Å²) < 4.78 is 5.14. The molecular weight excluding hydrogens is 280 g/mol. The predicted molar refractivity (Wildman–Crippen MR) is 82.9 cm³/mol. The lowest BCUT2D eigenvalue weighted by Crippen LogP contribution is -2.39. The van der Waals surface area contributed by atoms with Gasteiger partial charge in [-0.2, -0.15) is 0 Å². The quantitative estimate of drug-likeness (QED) is 0.942. The van der Waals surface area contributed by atoms with Crippen LogP contribution in [0, 0.1) is 6.92 Å². The van der Waals surface area contributed by atoms with Crippen molar-refractivity contribution < 1.29 is 9.21 Å². The molecule has 2 aromatic rings. The molecule has 6 nitrogen and oxygen atoms in total. The molecule has 0 spiro atoms. The molecule has 6 heteroatoms. The van der Waals surface area contributed by atoms with E-state index in [0.717, 1.165) is 30.9 Å². The molecule has 1 amide bonds. The fourth-order valence-corrected chi connectivity index (χ4v) is 2.84. The van der Waals surface area contributed by atoms with Crippen molar-refractivity contribution >= 4 is 11.7 Å². The summed E-state index contributed by atoms with van der Waals surface area (Å²) in [7, 11) is 1.86. The van der Waals surface area contributed by atoms with Crippen LogP contribution in [0.5, 0.6) is 0 Å². The molecule has 0 aromatic carbocycles. The van der Waals surface area contributed by atoms with Gasteiger partial charge in [-0.05, 0) is 25.0 Å². The highest BCUT2D eigenvalue weighted by atomic mass is 16.3. The lowest BCUT2D eigenvalue weighted by molar-refractivity contribution is 0.0700. The van der Waals surface area contributed by atoms with Crippen LogP contribution in [0.15, 0.2) is 28.9 Å². The highest BCUT2D eigenvalue weighted by Gasteiger charge is 2.27. The maximum absolute atomic E-state index is 12.5. The van der Waals surface area contributed by atoms with E-state index in [4.69, 9.17) is 4.42 Å². The molecule has 2 aromatic heterocycles. The summed E-state index contributed by atoms with van der Waals surface area (Å²) in [5, 5.41) is 3.05. The van der Waals surface area contributed by atoms with Crippen LogP contribution in [-0.2, 0) is 0 Å². The summed E-state index contributed by atoms with van der Waals surface area (Å²) in [4.78, 5) is 23.1. The zero-order valence-corrected chi connectivity index (χ0v) is 12.9. The lowest BCUT2D eigenvalue weighted by atomic mass is 9.94. The van der Waals surface area contributed by atoms with E-state index in [1.807, 2.05) is 30.1 Å². The molecule has 0 aliphatic carbocycles. The Morgan fingerprint density at radius 1 is 1.41 bits per heavy atom. The van der Waals surface area contributed by atoms with Gasteiger partial charge >= 0.3 is 0 Å². The molecule has 3 rings (SSSR count). The first kappa shape index (κ1) is 14.6. The van der Waals surface area contributed by atoms with Crippen molar-refractivity contribution in [1.29, 1.82) is 0 Å². The minimum Gasteiger partial charge on any atom is -0.448 e. The molecular formula is C16H20N4O2. The van der Waals surface area contributed by atoms with Crippen molar-refractivity contribution in [1.82, 2.24) is 14.9 Å². The predicted octanol–water partition coefficient (Wildman–Crippen LogP) is 2.44. The van der Waals surface area contributed by atoms with Gasteiger partial charge < -0.3 is 14.6 Å². The number of oxazole rings is 1. The number of likely N-dealkylation sites (tertiary alicyclic amines) is 1. The molecule has 1 unspecified atom stereocenters. The van der Waals surface area contributed by atoms with Crippen molar-refractivity contribution in [2.24, 2.45) is 0 Å². The Labute approximate surface area is 129 Å². The van der Waals surface area contributed by atoms with Crippen LogP contribution in [-0.4, -0.2) is 40.9 Å². The Bertz CT molecular complexity index is 668. The average molecular weight is 300 g/mol. The molecule has 1 atom stereocenters. The molecule has 22 heavy (non-hydrogen) atoms. The number of hydrogen-bond acceptors (Lipinski definition) is 5. The van der Waals surface area contributed by atoms with Crippen LogP contribution in [0.3, 0.4) is 0 Å². The topological polar surface area (TPSA) is 71.3 Å². The van der Waals surface area contributed by atoms with Crippen molar-refractivity contribution in [2.75, 3.05) is 25.5 Å². The van der Waals surface area contributed by atoms with Gasteiger partial charge in [0.2, 0.25) is 0 Å². The number of carbonyl (C=O) groups is 1. The van der Waals surface area contributed by atoms with Gasteiger partial charge in [-0.25, -0.2) is 9.97 Å². The number of pyridine rings is 1. The van der Waals surface area contributed by atoms with E-state index in [9.17, 15) is 4.79 Å². The monoisotopic (exact) mass is 300 g/mol. The SMILES string of the molecule is CNc1cccc(C2CCCN(C(=O)c3coc(C)n3)C2)n1. The smallest absolute Gasteiger partial charge is 0.275 e. The summed E-state index contributed by atoms with van der Waals surface area (Å²) in [6.07, 6.45) is 3.45. The third-order valence-corrected chi connectivity index (χ3v) is 3.99. The molecule has 116 valence electrons. The molecule has 0 saturated carbocycles. The molecule has 0 bridgehead atoms. The van der Waals surface area contributed by atoms with Crippen molar-refractivity contribution in [3.63, 3.8) is 0 Å². The van der Waals surface area contributed by atoms with Gasteiger partial charge in [-0.1, -0.05) is 6.07 Å². The normalized spacial score (nSPS) is 18.3. The second-order valence-electron chi connectivity index (χ2n) is 5.54. The van der Waals surface area contributed by atoms with Gasteiger partial charge in [0.15, 0.2) is 11.6 Å². The van der Waals surface area contributed by atoms with Crippen LogP contribution >= 0.6 is 0 Å². The van der Waals surface area contributed by atoms with E-state index in [1.165, 1.54) is 6.26 Å². The number of hydrogen-bond donors (Lipinski definition) is 1. The highest BCUT2D eigenvalue weighted by Crippen LogP contribution is 2.27. The van der Waals surface area contributed by atoms with Gasteiger partial charge in [-0.3, -0.25) is 4.79 Å². The number of aromatic nitrogens is 2. The highest BCUT2D eigenvalue weighted by molar-refractivity contribution is 5.92. The van der Waals surface area contributed by atoms with Gasteiger partial charge in [0.05, 0.1) is 0 Å². The van der Waals surface area contributed by atoms with Crippen LogP contribution in [0.25, 0.3) is 0 Å². The lowest BCUT2D eigenvalue weighted by Gasteiger charge is -2.32.